The zero-order chi connectivity index (χ0) is 19.6. The standard InChI is InChI=1S/C21H30N4O2/c1-14-11-25(12-15(2)27-14)13-18-6-8-19(9-7-18)21(26)23-16(3)20-10-22-24(5)17(20)4/h6-10,14-16H,11-13H2,1-5H3,(H,23,26). The second kappa shape index (κ2) is 8.23. The highest BCUT2D eigenvalue weighted by atomic mass is 16.5. The highest BCUT2D eigenvalue weighted by Crippen LogP contribution is 2.18. The smallest absolute Gasteiger partial charge is 0.251 e. The molecule has 0 aliphatic carbocycles. The van der Waals surface area contributed by atoms with Crippen LogP contribution in [0, 0.1) is 6.92 Å². The summed E-state index contributed by atoms with van der Waals surface area (Å²) >= 11 is 0. The maximum atomic E-state index is 12.6. The van der Waals surface area contributed by atoms with Crippen LogP contribution in [-0.2, 0) is 18.3 Å². The first kappa shape index (κ1) is 19.6. The van der Waals surface area contributed by atoms with E-state index in [9.17, 15) is 4.79 Å². The molecular formula is C21H30N4O2. The van der Waals surface area contributed by atoms with Gasteiger partial charge in [0.15, 0.2) is 0 Å². The Balaban J connectivity index is 1.59. The molecule has 146 valence electrons. The van der Waals surface area contributed by atoms with E-state index in [1.54, 1.807) is 0 Å². The molecular weight excluding hydrogens is 340 g/mol. The molecule has 2 aromatic rings. The van der Waals surface area contributed by atoms with Crippen LogP contribution in [0.15, 0.2) is 30.5 Å². The number of benzene rings is 1. The number of ether oxygens (including phenoxy) is 1. The third-order valence-electron chi connectivity index (χ3n) is 5.20. The van der Waals surface area contributed by atoms with Crippen molar-refractivity contribution in [3.63, 3.8) is 0 Å². The Morgan fingerprint density at radius 3 is 2.44 bits per heavy atom. The molecule has 0 bridgehead atoms. The lowest BCUT2D eigenvalue weighted by Crippen LogP contribution is -2.44. The lowest BCUT2D eigenvalue weighted by Gasteiger charge is -2.35. The molecule has 2 heterocycles. The Hall–Kier alpha value is -2.18. The van der Waals surface area contributed by atoms with Crippen molar-refractivity contribution in [2.75, 3.05) is 13.1 Å². The monoisotopic (exact) mass is 370 g/mol. The van der Waals surface area contributed by atoms with Crippen molar-refractivity contribution in [3.8, 4) is 0 Å². The molecule has 1 saturated heterocycles. The van der Waals surface area contributed by atoms with Gasteiger partial charge >= 0.3 is 0 Å². The van der Waals surface area contributed by atoms with Gasteiger partial charge in [0.05, 0.1) is 24.4 Å². The van der Waals surface area contributed by atoms with Crippen LogP contribution in [0.25, 0.3) is 0 Å². The Bertz CT molecular complexity index is 774. The highest BCUT2D eigenvalue weighted by Gasteiger charge is 2.22. The predicted molar refractivity (Wildman–Crippen MR) is 106 cm³/mol. The third kappa shape index (κ3) is 4.76. The van der Waals surface area contributed by atoms with Crippen molar-refractivity contribution in [1.82, 2.24) is 20.0 Å². The van der Waals surface area contributed by atoms with Crippen LogP contribution >= 0.6 is 0 Å². The number of nitrogens with one attached hydrogen (secondary N) is 1. The molecule has 6 heteroatoms. The number of aryl methyl sites for hydroxylation is 1. The number of nitrogens with zero attached hydrogens (tertiary/aromatic N) is 3. The van der Waals surface area contributed by atoms with E-state index in [4.69, 9.17) is 4.74 Å². The van der Waals surface area contributed by atoms with E-state index in [1.165, 1.54) is 5.56 Å². The highest BCUT2D eigenvalue weighted by molar-refractivity contribution is 5.94. The number of carbonyl (C=O) groups is 1. The van der Waals surface area contributed by atoms with Crippen LogP contribution in [0.3, 0.4) is 0 Å². The summed E-state index contributed by atoms with van der Waals surface area (Å²) in [7, 11) is 1.90. The van der Waals surface area contributed by atoms with Gasteiger partial charge in [0.25, 0.3) is 5.91 Å². The topological polar surface area (TPSA) is 59.4 Å². The summed E-state index contributed by atoms with van der Waals surface area (Å²) in [6, 6.07) is 7.81. The van der Waals surface area contributed by atoms with Gasteiger partial charge in [-0.15, -0.1) is 0 Å². The average Bonchev–Trinajstić information content (AvgIpc) is 2.94. The van der Waals surface area contributed by atoms with Crippen LogP contribution in [0.1, 0.15) is 54.0 Å². The van der Waals surface area contributed by atoms with E-state index in [-0.39, 0.29) is 24.2 Å². The minimum absolute atomic E-state index is 0.0640. The first-order valence-corrected chi connectivity index (χ1v) is 9.59. The summed E-state index contributed by atoms with van der Waals surface area (Å²) in [5, 5.41) is 7.31. The molecule has 3 rings (SSSR count). The van der Waals surface area contributed by atoms with E-state index in [2.05, 4.69) is 29.2 Å². The molecule has 3 unspecified atom stereocenters. The SMILES string of the molecule is Cc1c(C(C)NC(=O)c2ccc(CN3CC(C)OC(C)C3)cc2)cnn1C. The molecule has 0 radical (unpaired) electrons. The number of rotatable bonds is 5. The van der Waals surface area contributed by atoms with Gasteiger partial charge in [0, 0.05) is 43.5 Å². The number of hydrogen-bond acceptors (Lipinski definition) is 4. The minimum Gasteiger partial charge on any atom is -0.373 e. The zero-order valence-electron chi connectivity index (χ0n) is 16.9. The van der Waals surface area contributed by atoms with Crippen LogP contribution in [0.5, 0.6) is 0 Å². The van der Waals surface area contributed by atoms with E-state index < -0.39 is 0 Å². The predicted octanol–water partition coefficient (Wildman–Crippen LogP) is 2.83. The minimum atomic E-state index is -0.0813. The molecule has 1 aromatic carbocycles. The summed E-state index contributed by atoms with van der Waals surface area (Å²) in [6.07, 6.45) is 2.33. The van der Waals surface area contributed by atoms with Gasteiger partial charge in [0.2, 0.25) is 0 Å². The van der Waals surface area contributed by atoms with E-state index in [0.717, 1.165) is 30.9 Å². The van der Waals surface area contributed by atoms with Crippen LogP contribution < -0.4 is 5.32 Å². The molecule has 6 nitrogen and oxygen atoms in total. The van der Waals surface area contributed by atoms with Crippen LogP contribution in [0.2, 0.25) is 0 Å². The summed E-state index contributed by atoms with van der Waals surface area (Å²) in [5.41, 5.74) is 3.99. The Labute approximate surface area is 161 Å². The fourth-order valence-electron chi connectivity index (χ4n) is 3.73. The molecule has 1 aromatic heterocycles. The molecule has 1 aliphatic rings. The average molecular weight is 370 g/mol. The number of morpholine rings is 1. The Morgan fingerprint density at radius 1 is 1.26 bits per heavy atom. The third-order valence-corrected chi connectivity index (χ3v) is 5.20. The normalized spacial score (nSPS) is 21.8. The second-order valence-corrected chi connectivity index (χ2v) is 7.65. The molecule has 1 aliphatic heterocycles. The quantitative estimate of drug-likeness (QED) is 0.879. The lowest BCUT2D eigenvalue weighted by molar-refractivity contribution is -0.0704. The molecule has 1 N–H and O–H groups in total. The molecule has 1 amide bonds. The van der Waals surface area contributed by atoms with Gasteiger partial charge in [-0.2, -0.15) is 5.10 Å². The van der Waals surface area contributed by atoms with E-state index in [1.807, 2.05) is 56.0 Å². The second-order valence-electron chi connectivity index (χ2n) is 7.65. The van der Waals surface area contributed by atoms with Crippen molar-refractivity contribution < 1.29 is 9.53 Å². The van der Waals surface area contributed by atoms with Crippen molar-refractivity contribution in [2.24, 2.45) is 7.05 Å². The van der Waals surface area contributed by atoms with Gasteiger partial charge in [0.1, 0.15) is 0 Å². The summed E-state index contributed by atoms with van der Waals surface area (Å²) < 4.78 is 7.61. The van der Waals surface area contributed by atoms with Gasteiger partial charge < -0.3 is 10.1 Å². The Kier molecular flexibility index (Phi) is 5.97. The first-order valence-electron chi connectivity index (χ1n) is 9.59. The summed E-state index contributed by atoms with van der Waals surface area (Å²) in [4.78, 5) is 15.0. The molecule has 3 atom stereocenters. The molecule has 27 heavy (non-hydrogen) atoms. The van der Waals surface area contributed by atoms with Crippen molar-refractivity contribution in [2.45, 2.75) is 52.5 Å². The van der Waals surface area contributed by atoms with Crippen LogP contribution in [0.4, 0.5) is 0 Å². The molecule has 0 spiro atoms. The van der Waals surface area contributed by atoms with Crippen molar-refractivity contribution in [1.29, 1.82) is 0 Å². The number of amides is 1. The largest absolute Gasteiger partial charge is 0.373 e. The van der Waals surface area contributed by atoms with Gasteiger partial charge in [-0.25, -0.2) is 0 Å². The van der Waals surface area contributed by atoms with Crippen molar-refractivity contribution in [3.05, 3.63) is 52.8 Å². The van der Waals surface area contributed by atoms with Gasteiger partial charge in [-0.1, -0.05) is 12.1 Å². The number of hydrogen-bond donors (Lipinski definition) is 1. The molecule has 1 fully saturated rings. The Morgan fingerprint density at radius 2 is 1.89 bits per heavy atom. The number of carbonyl (C=O) groups excluding carboxylic acids is 1. The summed E-state index contributed by atoms with van der Waals surface area (Å²) in [6.45, 7) is 11.0. The van der Waals surface area contributed by atoms with E-state index >= 15 is 0 Å². The van der Waals surface area contributed by atoms with Gasteiger partial charge in [-0.05, 0) is 45.4 Å². The van der Waals surface area contributed by atoms with Crippen molar-refractivity contribution >= 4 is 5.91 Å². The fourth-order valence-corrected chi connectivity index (χ4v) is 3.73. The number of aromatic nitrogens is 2. The summed E-state index contributed by atoms with van der Waals surface area (Å²) in [5.74, 6) is -0.0640. The van der Waals surface area contributed by atoms with Gasteiger partial charge in [-0.3, -0.25) is 14.4 Å². The maximum Gasteiger partial charge on any atom is 0.251 e. The maximum absolute atomic E-state index is 12.6. The van der Waals surface area contributed by atoms with E-state index in [0.29, 0.717) is 5.56 Å². The lowest BCUT2D eigenvalue weighted by atomic mass is 10.1. The van der Waals surface area contributed by atoms with Crippen LogP contribution in [-0.4, -0.2) is 45.9 Å². The fraction of sp³-hybridized carbons (Fsp3) is 0.524. The zero-order valence-corrected chi connectivity index (χ0v) is 16.9. The molecule has 0 saturated carbocycles. The first-order chi connectivity index (χ1) is 12.8.